The van der Waals surface area contributed by atoms with Crippen LogP contribution in [0.2, 0.25) is 0 Å². The molecule has 2 fully saturated rings. The number of hydrogen-bond acceptors (Lipinski definition) is 8. The van der Waals surface area contributed by atoms with Crippen molar-refractivity contribution < 1.29 is 28.9 Å². The number of Topliss-reactive ketones (excluding diaryl/α,β-unsaturated/α-hetero) is 1. The summed E-state index contributed by atoms with van der Waals surface area (Å²) in [6.07, 6.45) is 5.57. The molecule has 1 atom stereocenters. The minimum Gasteiger partial charge on any atom is -0.505 e. The molecule has 1 amide bonds. The fourth-order valence-electron chi connectivity index (χ4n) is 5.89. The van der Waals surface area contributed by atoms with Crippen LogP contribution < -0.4 is 9.47 Å². The highest BCUT2D eigenvalue weighted by Crippen LogP contribution is 2.42. The fraction of sp³-hybridized carbons (Fsp3) is 0.485. The zero-order valence-corrected chi connectivity index (χ0v) is 25.4. The summed E-state index contributed by atoms with van der Waals surface area (Å²) in [5, 5.41) is 11.8. The molecule has 0 bridgehead atoms. The van der Waals surface area contributed by atoms with Gasteiger partial charge in [0.15, 0.2) is 17.3 Å². The first kappa shape index (κ1) is 30.6. The maximum atomic E-state index is 13.7. The minimum atomic E-state index is -0.799. The van der Waals surface area contributed by atoms with Crippen LogP contribution in [0.4, 0.5) is 0 Å². The van der Waals surface area contributed by atoms with Crippen molar-refractivity contribution in [3.05, 3.63) is 65.1 Å². The summed E-state index contributed by atoms with van der Waals surface area (Å²) in [6.45, 7) is 11.0. The van der Waals surface area contributed by atoms with Gasteiger partial charge in [-0.25, -0.2) is 4.98 Å². The van der Waals surface area contributed by atoms with Crippen LogP contribution >= 0.6 is 0 Å². The molecule has 1 aromatic carbocycles. The number of ketones is 1. The molecule has 3 aromatic rings. The van der Waals surface area contributed by atoms with E-state index in [2.05, 4.69) is 16.8 Å². The second kappa shape index (κ2) is 14.1. The van der Waals surface area contributed by atoms with Gasteiger partial charge in [-0.3, -0.25) is 18.9 Å². The molecular weight excluding hydrogens is 548 g/mol. The van der Waals surface area contributed by atoms with Crippen LogP contribution in [-0.4, -0.2) is 88.6 Å². The van der Waals surface area contributed by atoms with Crippen molar-refractivity contribution in [1.82, 2.24) is 19.2 Å². The lowest BCUT2D eigenvalue weighted by molar-refractivity contribution is -0.140. The fourth-order valence-corrected chi connectivity index (χ4v) is 5.89. The largest absolute Gasteiger partial charge is 0.505 e. The first-order valence-corrected chi connectivity index (χ1v) is 15.4. The number of hydrogen-bond donors (Lipinski definition) is 1. The topological polar surface area (TPSA) is 106 Å². The van der Waals surface area contributed by atoms with Gasteiger partial charge in [-0.15, -0.1) is 0 Å². The van der Waals surface area contributed by atoms with Crippen molar-refractivity contribution in [3.8, 4) is 11.5 Å². The van der Waals surface area contributed by atoms with Gasteiger partial charge in [0.1, 0.15) is 11.3 Å². The van der Waals surface area contributed by atoms with Crippen LogP contribution in [0.3, 0.4) is 0 Å². The van der Waals surface area contributed by atoms with E-state index >= 15 is 0 Å². The number of pyridine rings is 1. The molecule has 2 saturated heterocycles. The van der Waals surface area contributed by atoms with E-state index in [4.69, 9.17) is 14.2 Å². The Kier molecular flexibility index (Phi) is 9.99. The number of morpholine rings is 1. The number of fused-ring (bicyclic) bond motifs is 1. The maximum Gasteiger partial charge on any atom is 0.295 e. The summed E-state index contributed by atoms with van der Waals surface area (Å²) in [4.78, 5) is 35.8. The number of carbonyl (C=O) groups is 2. The van der Waals surface area contributed by atoms with E-state index in [9.17, 15) is 14.7 Å². The molecule has 43 heavy (non-hydrogen) atoms. The van der Waals surface area contributed by atoms with Gasteiger partial charge in [-0.2, -0.15) is 0 Å². The normalized spacial score (nSPS) is 19.0. The van der Waals surface area contributed by atoms with Gasteiger partial charge in [-0.05, 0) is 56.5 Å². The number of aliphatic hydroxyl groups excluding tert-OH is 1. The minimum absolute atomic E-state index is 0.0455. The highest BCUT2D eigenvalue weighted by Gasteiger charge is 2.46. The van der Waals surface area contributed by atoms with E-state index in [1.165, 1.54) is 0 Å². The Hall–Kier alpha value is -3.89. The van der Waals surface area contributed by atoms with E-state index in [1.54, 1.807) is 22.4 Å². The molecule has 10 heteroatoms. The highest BCUT2D eigenvalue weighted by molar-refractivity contribution is 6.46. The molecule has 230 valence electrons. The van der Waals surface area contributed by atoms with Crippen LogP contribution in [0.15, 0.2) is 48.2 Å². The monoisotopic (exact) mass is 590 g/mol. The summed E-state index contributed by atoms with van der Waals surface area (Å²) in [6, 6.07) is 10.3. The van der Waals surface area contributed by atoms with Crippen molar-refractivity contribution in [1.29, 1.82) is 0 Å². The Morgan fingerprint density at radius 1 is 1.02 bits per heavy atom. The lowest BCUT2D eigenvalue weighted by Crippen LogP contribution is -2.39. The third kappa shape index (κ3) is 6.55. The highest BCUT2D eigenvalue weighted by atomic mass is 16.5. The van der Waals surface area contributed by atoms with Crippen LogP contribution in [0.5, 0.6) is 11.5 Å². The lowest BCUT2D eigenvalue weighted by Gasteiger charge is -2.29. The van der Waals surface area contributed by atoms with Crippen molar-refractivity contribution in [2.75, 3.05) is 52.6 Å². The zero-order valence-electron chi connectivity index (χ0n) is 25.4. The molecule has 0 radical (unpaired) electrons. The van der Waals surface area contributed by atoms with Crippen LogP contribution in [0, 0.1) is 6.92 Å². The summed E-state index contributed by atoms with van der Waals surface area (Å²) >= 11 is 0. The number of aliphatic hydroxyl groups is 1. The molecule has 4 heterocycles. The van der Waals surface area contributed by atoms with Crippen molar-refractivity contribution in [2.24, 2.45) is 0 Å². The molecule has 0 saturated carbocycles. The third-order valence-corrected chi connectivity index (χ3v) is 8.03. The summed E-state index contributed by atoms with van der Waals surface area (Å²) in [5.41, 5.74) is 2.31. The van der Waals surface area contributed by atoms with Gasteiger partial charge in [0.05, 0.1) is 43.7 Å². The van der Waals surface area contributed by atoms with Crippen molar-refractivity contribution in [3.63, 3.8) is 0 Å². The molecule has 1 unspecified atom stereocenters. The van der Waals surface area contributed by atoms with Crippen molar-refractivity contribution >= 4 is 23.1 Å². The van der Waals surface area contributed by atoms with E-state index in [1.807, 2.05) is 43.3 Å². The van der Waals surface area contributed by atoms with Crippen molar-refractivity contribution in [2.45, 2.75) is 52.5 Å². The van der Waals surface area contributed by atoms with Gasteiger partial charge >= 0.3 is 0 Å². The number of unbranched alkanes of at least 4 members (excludes halogenated alkanes) is 2. The number of rotatable bonds is 13. The third-order valence-electron chi connectivity index (χ3n) is 8.03. The molecule has 0 spiro atoms. The number of likely N-dealkylation sites (tertiary alicyclic amines) is 1. The Morgan fingerprint density at radius 3 is 2.60 bits per heavy atom. The van der Waals surface area contributed by atoms with Crippen LogP contribution in [-0.2, 0) is 14.3 Å². The predicted octanol–water partition coefficient (Wildman–Crippen LogP) is 4.75. The number of carbonyl (C=O) groups excluding carboxylic acids is 2. The summed E-state index contributed by atoms with van der Waals surface area (Å²) < 4.78 is 19.2. The molecule has 2 aromatic heterocycles. The van der Waals surface area contributed by atoms with Gasteiger partial charge in [0, 0.05) is 32.4 Å². The average molecular weight is 591 g/mol. The molecular formula is C33H42N4O6. The quantitative estimate of drug-likeness (QED) is 0.132. The van der Waals surface area contributed by atoms with Gasteiger partial charge < -0.3 is 24.2 Å². The SMILES string of the molecule is CCCCCOc1ccc(C2C(=C(O)c3c(C)nc4ccccn34)C(=O)C(=O)N2CCCN2CCOCC2)cc1OCC. The molecule has 5 rings (SSSR count). The Labute approximate surface area is 252 Å². The zero-order chi connectivity index (χ0) is 30.3. The molecule has 1 N–H and O–H groups in total. The maximum absolute atomic E-state index is 13.7. The number of amides is 1. The van der Waals surface area contributed by atoms with E-state index < -0.39 is 17.7 Å². The van der Waals surface area contributed by atoms with Gasteiger partial charge in [-0.1, -0.05) is 31.9 Å². The first-order chi connectivity index (χ1) is 20.9. The van der Waals surface area contributed by atoms with E-state index in [0.717, 1.165) is 38.9 Å². The number of nitrogens with zero attached hydrogens (tertiary/aromatic N) is 4. The first-order valence-electron chi connectivity index (χ1n) is 15.4. The number of ether oxygens (including phenoxy) is 3. The lowest BCUT2D eigenvalue weighted by atomic mass is 9.95. The summed E-state index contributed by atoms with van der Waals surface area (Å²) in [5.74, 6) is -0.423. The Bertz CT molecular complexity index is 1480. The molecule has 2 aliphatic rings. The van der Waals surface area contributed by atoms with E-state index in [0.29, 0.717) is 73.5 Å². The number of imidazole rings is 1. The number of aryl methyl sites for hydroxylation is 1. The molecule has 10 nitrogen and oxygen atoms in total. The number of aromatic nitrogens is 2. The average Bonchev–Trinajstić information content (AvgIpc) is 3.48. The van der Waals surface area contributed by atoms with E-state index in [-0.39, 0.29) is 11.3 Å². The summed E-state index contributed by atoms with van der Waals surface area (Å²) in [7, 11) is 0. The smallest absolute Gasteiger partial charge is 0.295 e. The number of benzene rings is 1. The standard InChI is InChI=1S/C33H42N4O6/c1-4-6-9-19-43-25-13-12-24(22-26(25)42-5-2)30-28(31(38)29-23(3)34-27-11-7-8-15-36(27)29)32(39)33(40)37(30)16-10-14-35-17-20-41-21-18-35/h7-8,11-13,15,22,30,38H,4-6,9-10,14,16-21H2,1-3H3. The second-order valence-corrected chi connectivity index (χ2v) is 11.0. The van der Waals surface area contributed by atoms with Gasteiger partial charge in [0.2, 0.25) is 0 Å². The van der Waals surface area contributed by atoms with Gasteiger partial charge in [0.25, 0.3) is 11.7 Å². The Balaban J connectivity index is 1.55. The predicted molar refractivity (Wildman–Crippen MR) is 163 cm³/mol. The Morgan fingerprint density at radius 2 is 1.84 bits per heavy atom. The van der Waals surface area contributed by atoms with Crippen LogP contribution in [0.25, 0.3) is 11.4 Å². The van der Waals surface area contributed by atoms with Crippen LogP contribution in [0.1, 0.15) is 62.5 Å². The second-order valence-electron chi connectivity index (χ2n) is 11.0. The molecule has 2 aliphatic heterocycles. The molecule has 0 aliphatic carbocycles.